The van der Waals surface area contributed by atoms with Crippen LogP contribution in [0.15, 0.2) is 30.3 Å². The van der Waals surface area contributed by atoms with Crippen LogP contribution in [0.1, 0.15) is 35.8 Å². The van der Waals surface area contributed by atoms with Gasteiger partial charge in [-0.25, -0.2) is 4.98 Å². The minimum atomic E-state index is 0.720. The van der Waals surface area contributed by atoms with E-state index >= 15 is 0 Å². The number of nitrogens with zero attached hydrogens (tertiary/aromatic N) is 1. The number of aryl methyl sites for hydroxylation is 1. The molecule has 88 valence electrons. The summed E-state index contributed by atoms with van der Waals surface area (Å²) < 4.78 is 0. The smallest absolute Gasteiger partial charge is 0.187 e. The minimum Gasteiger partial charge on any atom is -0.332 e. The van der Waals surface area contributed by atoms with E-state index in [2.05, 4.69) is 24.4 Å². The van der Waals surface area contributed by atoms with Crippen molar-refractivity contribution in [3.05, 3.63) is 40.9 Å². The molecule has 17 heavy (non-hydrogen) atoms. The maximum absolute atomic E-state index is 4.73. The molecule has 2 aromatic rings. The number of rotatable bonds is 3. The van der Waals surface area contributed by atoms with Gasteiger partial charge in [0.2, 0.25) is 0 Å². The van der Waals surface area contributed by atoms with E-state index in [9.17, 15) is 0 Å². The van der Waals surface area contributed by atoms with Crippen LogP contribution in [0.2, 0.25) is 0 Å². The SMILES string of the molecule is Cc1sc(Nc2ccccc2)nc1C1CCC1. The molecule has 1 aromatic heterocycles. The molecule has 0 spiro atoms. The fourth-order valence-corrected chi connectivity index (χ4v) is 3.09. The molecule has 3 rings (SSSR count). The van der Waals surface area contributed by atoms with E-state index in [1.807, 2.05) is 18.2 Å². The largest absolute Gasteiger partial charge is 0.332 e. The second kappa shape index (κ2) is 4.49. The van der Waals surface area contributed by atoms with Gasteiger partial charge >= 0.3 is 0 Å². The van der Waals surface area contributed by atoms with Crippen molar-refractivity contribution >= 4 is 22.2 Å². The lowest BCUT2D eigenvalue weighted by atomic mass is 9.82. The molecule has 1 aliphatic rings. The number of nitrogens with one attached hydrogen (secondary N) is 1. The minimum absolute atomic E-state index is 0.720. The first-order chi connectivity index (χ1) is 8.33. The molecule has 1 aromatic carbocycles. The monoisotopic (exact) mass is 244 g/mol. The maximum atomic E-state index is 4.73. The molecule has 0 amide bonds. The lowest BCUT2D eigenvalue weighted by Crippen LogP contribution is -2.10. The average molecular weight is 244 g/mol. The molecular weight excluding hydrogens is 228 g/mol. The lowest BCUT2D eigenvalue weighted by molar-refractivity contribution is 0.411. The van der Waals surface area contributed by atoms with Crippen molar-refractivity contribution in [3.63, 3.8) is 0 Å². The zero-order valence-electron chi connectivity index (χ0n) is 9.94. The number of aromatic nitrogens is 1. The van der Waals surface area contributed by atoms with Gasteiger partial charge in [-0.05, 0) is 31.9 Å². The molecule has 0 atom stereocenters. The first-order valence-electron chi connectivity index (χ1n) is 6.12. The lowest BCUT2D eigenvalue weighted by Gasteiger charge is -2.23. The molecule has 1 N–H and O–H groups in total. The molecule has 1 heterocycles. The van der Waals surface area contributed by atoms with Crippen molar-refractivity contribution in [2.75, 3.05) is 5.32 Å². The Hall–Kier alpha value is -1.35. The molecule has 0 radical (unpaired) electrons. The second-order valence-electron chi connectivity index (χ2n) is 4.58. The summed E-state index contributed by atoms with van der Waals surface area (Å²) in [7, 11) is 0. The highest BCUT2D eigenvalue weighted by Gasteiger charge is 2.24. The molecule has 1 fully saturated rings. The molecule has 0 saturated heterocycles. The topological polar surface area (TPSA) is 24.9 Å². The van der Waals surface area contributed by atoms with Crippen LogP contribution in [0.3, 0.4) is 0 Å². The number of hydrogen-bond donors (Lipinski definition) is 1. The van der Waals surface area contributed by atoms with Gasteiger partial charge in [-0.2, -0.15) is 0 Å². The van der Waals surface area contributed by atoms with Gasteiger partial charge in [-0.1, -0.05) is 24.6 Å². The third-order valence-electron chi connectivity index (χ3n) is 3.35. The Morgan fingerprint density at radius 3 is 2.65 bits per heavy atom. The summed E-state index contributed by atoms with van der Waals surface area (Å²) in [5, 5.41) is 4.40. The summed E-state index contributed by atoms with van der Waals surface area (Å²) >= 11 is 1.76. The summed E-state index contributed by atoms with van der Waals surface area (Å²) in [6.45, 7) is 2.18. The quantitative estimate of drug-likeness (QED) is 0.862. The highest BCUT2D eigenvalue weighted by atomic mass is 32.1. The van der Waals surface area contributed by atoms with E-state index in [0.717, 1.165) is 16.7 Å². The van der Waals surface area contributed by atoms with Crippen molar-refractivity contribution in [2.24, 2.45) is 0 Å². The maximum Gasteiger partial charge on any atom is 0.187 e. The van der Waals surface area contributed by atoms with E-state index in [-0.39, 0.29) is 0 Å². The van der Waals surface area contributed by atoms with Gasteiger partial charge < -0.3 is 5.32 Å². The highest BCUT2D eigenvalue weighted by molar-refractivity contribution is 7.15. The van der Waals surface area contributed by atoms with Gasteiger partial charge in [0.15, 0.2) is 5.13 Å². The van der Waals surface area contributed by atoms with Crippen LogP contribution in [-0.2, 0) is 0 Å². The Labute approximate surface area is 106 Å². The summed E-state index contributed by atoms with van der Waals surface area (Å²) in [5.41, 5.74) is 2.43. The van der Waals surface area contributed by atoms with Crippen LogP contribution in [0.4, 0.5) is 10.8 Å². The van der Waals surface area contributed by atoms with Crippen molar-refractivity contribution in [2.45, 2.75) is 32.1 Å². The Balaban J connectivity index is 1.80. The molecule has 0 bridgehead atoms. The van der Waals surface area contributed by atoms with Crippen LogP contribution in [0.25, 0.3) is 0 Å². The first kappa shape index (κ1) is 10.8. The van der Waals surface area contributed by atoms with Crippen LogP contribution in [0, 0.1) is 6.92 Å². The Bertz CT molecular complexity index is 500. The number of thiazole rings is 1. The second-order valence-corrected chi connectivity index (χ2v) is 5.78. The van der Waals surface area contributed by atoms with Gasteiger partial charge in [-0.15, -0.1) is 11.3 Å². The first-order valence-corrected chi connectivity index (χ1v) is 6.94. The number of para-hydroxylation sites is 1. The number of benzene rings is 1. The Morgan fingerprint density at radius 2 is 2.00 bits per heavy atom. The van der Waals surface area contributed by atoms with Gasteiger partial charge in [0.1, 0.15) is 0 Å². The Kier molecular flexibility index (Phi) is 2.85. The number of anilines is 2. The van der Waals surface area contributed by atoms with Crippen LogP contribution in [-0.4, -0.2) is 4.98 Å². The van der Waals surface area contributed by atoms with Crippen molar-refractivity contribution in [1.82, 2.24) is 4.98 Å². The van der Waals surface area contributed by atoms with Crippen molar-refractivity contribution in [3.8, 4) is 0 Å². The van der Waals surface area contributed by atoms with E-state index in [1.54, 1.807) is 11.3 Å². The molecule has 3 heteroatoms. The number of hydrogen-bond acceptors (Lipinski definition) is 3. The molecular formula is C14H16N2S. The van der Waals surface area contributed by atoms with Crippen LogP contribution < -0.4 is 5.32 Å². The van der Waals surface area contributed by atoms with Crippen molar-refractivity contribution < 1.29 is 0 Å². The Morgan fingerprint density at radius 1 is 1.24 bits per heavy atom. The predicted octanol–water partition coefficient (Wildman–Crippen LogP) is 4.46. The molecule has 2 nitrogen and oxygen atoms in total. The molecule has 0 aliphatic heterocycles. The summed E-state index contributed by atoms with van der Waals surface area (Å²) in [6, 6.07) is 10.2. The van der Waals surface area contributed by atoms with Gasteiger partial charge in [-0.3, -0.25) is 0 Å². The predicted molar refractivity (Wildman–Crippen MR) is 73.2 cm³/mol. The van der Waals surface area contributed by atoms with Gasteiger partial charge in [0.25, 0.3) is 0 Å². The van der Waals surface area contributed by atoms with E-state index in [4.69, 9.17) is 4.98 Å². The van der Waals surface area contributed by atoms with Gasteiger partial charge in [0.05, 0.1) is 5.69 Å². The third kappa shape index (κ3) is 2.20. The highest BCUT2D eigenvalue weighted by Crippen LogP contribution is 2.40. The summed E-state index contributed by atoms with van der Waals surface area (Å²) in [5.74, 6) is 0.720. The third-order valence-corrected chi connectivity index (χ3v) is 4.25. The molecule has 1 aliphatic carbocycles. The fraction of sp³-hybridized carbons (Fsp3) is 0.357. The van der Waals surface area contributed by atoms with Crippen molar-refractivity contribution in [1.29, 1.82) is 0 Å². The molecule has 1 saturated carbocycles. The van der Waals surface area contributed by atoms with E-state index in [0.29, 0.717) is 0 Å². The van der Waals surface area contributed by atoms with Crippen LogP contribution in [0.5, 0.6) is 0 Å². The van der Waals surface area contributed by atoms with Gasteiger partial charge in [0, 0.05) is 16.5 Å². The molecule has 0 unspecified atom stereocenters. The summed E-state index contributed by atoms with van der Waals surface area (Å²) in [4.78, 5) is 6.10. The van der Waals surface area contributed by atoms with E-state index in [1.165, 1.54) is 29.8 Å². The van der Waals surface area contributed by atoms with Crippen LogP contribution >= 0.6 is 11.3 Å². The average Bonchev–Trinajstić information content (AvgIpc) is 2.59. The zero-order chi connectivity index (χ0) is 11.7. The standard InChI is InChI=1S/C14H16N2S/c1-10-13(11-6-5-7-11)16-14(17-10)15-12-8-3-2-4-9-12/h2-4,8-9,11H,5-7H2,1H3,(H,15,16). The zero-order valence-corrected chi connectivity index (χ0v) is 10.8. The van der Waals surface area contributed by atoms with E-state index < -0.39 is 0 Å². The fourth-order valence-electron chi connectivity index (χ4n) is 2.17. The summed E-state index contributed by atoms with van der Waals surface area (Å²) in [6.07, 6.45) is 3.99. The normalized spacial score (nSPS) is 15.6.